The lowest BCUT2D eigenvalue weighted by Gasteiger charge is -2.16. The number of amides is 1. The van der Waals surface area contributed by atoms with E-state index < -0.39 is 0 Å². The van der Waals surface area contributed by atoms with E-state index in [2.05, 4.69) is 10.3 Å². The van der Waals surface area contributed by atoms with Gasteiger partial charge in [-0.25, -0.2) is 0 Å². The van der Waals surface area contributed by atoms with E-state index in [4.69, 9.17) is 0 Å². The van der Waals surface area contributed by atoms with Gasteiger partial charge in [0.05, 0.1) is 12.4 Å². The maximum Gasteiger partial charge on any atom is 0.241 e. The van der Waals surface area contributed by atoms with Crippen LogP contribution >= 0.6 is 11.8 Å². The van der Waals surface area contributed by atoms with Crippen molar-refractivity contribution in [1.82, 2.24) is 5.32 Å². The van der Waals surface area contributed by atoms with Crippen molar-refractivity contribution < 1.29 is 4.79 Å². The molecule has 2 atom stereocenters. The van der Waals surface area contributed by atoms with E-state index in [1.165, 1.54) is 18.1 Å². The highest BCUT2D eigenvalue weighted by Gasteiger charge is 2.31. The maximum absolute atomic E-state index is 11.0. The zero-order chi connectivity index (χ0) is 6.97. The topological polar surface area (TPSA) is 41.5 Å². The van der Waals surface area contributed by atoms with E-state index in [1.54, 1.807) is 0 Å². The summed E-state index contributed by atoms with van der Waals surface area (Å²) in [6.45, 7) is 0. The Morgan fingerprint density at radius 1 is 1.70 bits per heavy atom. The smallest absolute Gasteiger partial charge is 0.241 e. The first-order chi connectivity index (χ1) is 4.88. The van der Waals surface area contributed by atoms with Gasteiger partial charge in [-0.15, -0.1) is 11.8 Å². The number of carbonyl (C=O) groups is 1. The Morgan fingerprint density at radius 3 is 3.40 bits per heavy atom. The normalized spacial score (nSPS) is 35.8. The van der Waals surface area contributed by atoms with Crippen LogP contribution in [0.3, 0.4) is 0 Å². The predicted octanol–water partition coefficient (Wildman–Crippen LogP) is 0.142. The molecule has 1 N–H and O–H groups in total. The summed E-state index contributed by atoms with van der Waals surface area (Å²) in [6.07, 6.45) is 3.42. The summed E-state index contributed by atoms with van der Waals surface area (Å²) in [5, 5.41) is 4.48. The highest BCUT2D eigenvalue weighted by Crippen LogP contribution is 2.27. The number of carbonyl (C=O) groups excluding carboxylic acids is 1. The highest BCUT2D eigenvalue weighted by atomic mass is 32.2. The van der Waals surface area contributed by atoms with E-state index in [0.717, 1.165) is 0 Å². The molecule has 2 unspecified atom stereocenters. The summed E-state index contributed by atoms with van der Waals surface area (Å²) in [6, 6.07) is 0.0822. The molecule has 52 valence electrons. The van der Waals surface area contributed by atoms with Gasteiger partial charge in [0.15, 0.2) is 0 Å². The van der Waals surface area contributed by atoms with Crippen LogP contribution in [0.25, 0.3) is 0 Å². The van der Waals surface area contributed by atoms with Gasteiger partial charge >= 0.3 is 0 Å². The number of nitrogens with zero attached hydrogens (tertiary/aromatic N) is 1. The van der Waals surface area contributed by atoms with Gasteiger partial charge in [-0.3, -0.25) is 9.79 Å². The average Bonchev–Trinajstić information content (AvgIpc) is 2.36. The minimum atomic E-state index is -0.00926. The summed E-state index contributed by atoms with van der Waals surface area (Å²) in [5.41, 5.74) is 0. The van der Waals surface area contributed by atoms with E-state index in [9.17, 15) is 4.79 Å². The summed E-state index contributed by atoms with van der Waals surface area (Å²) in [4.78, 5) is 15.1. The molecule has 0 saturated heterocycles. The summed E-state index contributed by atoms with van der Waals surface area (Å²) < 4.78 is 0. The first-order valence-corrected chi connectivity index (χ1v) is 3.96. The second kappa shape index (κ2) is 2.12. The van der Waals surface area contributed by atoms with Crippen LogP contribution in [0.15, 0.2) is 16.5 Å². The molecule has 1 amide bonds. The molecule has 2 aliphatic heterocycles. The van der Waals surface area contributed by atoms with Crippen LogP contribution in [0, 0.1) is 0 Å². The molecular formula is C6H6N2OS. The second-order valence-electron chi connectivity index (χ2n) is 2.16. The molecule has 0 aromatic rings. The van der Waals surface area contributed by atoms with Gasteiger partial charge in [0.2, 0.25) is 5.91 Å². The predicted molar refractivity (Wildman–Crippen MR) is 40.9 cm³/mol. The standard InChI is InChI=1S/C6H6N2OS/c9-6-5-4(1-2-10-5)7-3-8-6/h1-5H,(H,7,8,9). The summed E-state index contributed by atoms with van der Waals surface area (Å²) >= 11 is 1.53. The number of hydrogen-bond donors (Lipinski definition) is 1. The molecule has 0 radical (unpaired) electrons. The van der Waals surface area contributed by atoms with Crippen molar-refractivity contribution in [1.29, 1.82) is 0 Å². The van der Waals surface area contributed by atoms with Gasteiger partial charge in [0, 0.05) is 0 Å². The molecule has 3 nitrogen and oxygen atoms in total. The van der Waals surface area contributed by atoms with Crippen LogP contribution in [0.1, 0.15) is 0 Å². The molecule has 0 fully saturated rings. The van der Waals surface area contributed by atoms with Gasteiger partial charge in [-0.2, -0.15) is 0 Å². The van der Waals surface area contributed by atoms with Crippen molar-refractivity contribution >= 4 is 24.0 Å². The Kier molecular flexibility index (Phi) is 1.27. The molecule has 0 bridgehead atoms. The van der Waals surface area contributed by atoms with Crippen LogP contribution in [0.5, 0.6) is 0 Å². The zero-order valence-corrected chi connectivity index (χ0v) is 5.97. The molecular weight excluding hydrogens is 148 g/mol. The Hall–Kier alpha value is -0.770. The maximum atomic E-state index is 11.0. The van der Waals surface area contributed by atoms with Gasteiger partial charge in [-0.1, -0.05) is 6.08 Å². The van der Waals surface area contributed by atoms with Crippen LogP contribution in [-0.4, -0.2) is 23.5 Å². The fraction of sp³-hybridized carbons (Fsp3) is 0.333. The number of aliphatic imine (C=N–C) groups is 1. The third kappa shape index (κ3) is 0.759. The first-order valence-electron chi connectivity index (χ1n) is 3.02. The molecule has 2 heterocycles. The monoisotopic (exact) mass is 154 g/mol. The number of nitrogens with one attached hydrogen (secondary N) is 1. The second-order valence-corrected chi connectivity index (χ2v) is 3.21. The third-order valence-corrected chi connectivity index (χ3v) is 2.62. The van der Waals surface area contributed by atoms with Gasteiger partial charge in [-0.05, 0) is 5.41 Å². The van der Waals surface area contributed by atoms with E-state index >= 15 is 0 Å². The van der Waals surface area contributed by atoms with Crippen molar-refractivity contribution in [3.63, 3.8) is 0 Å². The van der Waals surface area contributed by atoms with Crippen molar-refractivity contribution in [3.05, 3.63) is 11.5 Å². The van der Waals surface area contributed by atoms with Gasteiger partial charge < -0.3 is 5.32 Å². The Morgan fingerprint density at radius 2 is 2.60 bits per heavy atom. The number of fused-ring (bicyclic) bond motifs is 1. The Labute approximate surface area is 62.6 Å². The lowest BCUT2D eigenvalue weighted by molar-refractivity contribution is -0.119. The molecule has 0 spiro atoms. The molecule has 2 rings (SSSR count). The molecule has 0 aliphatic carbocycles. The highest BCUT2D eigenvalue weighted by molar-refractivity contribution is 8.03. The zero-order valence-electron chi connectivity index (χ0n) is 5.15. The fourth-order valence-electron chi connectivity index (χ4n) is 1.01. The van der Waals surface area contributed by atoms with Crippen LogP contribution in [0.4, 0.5) is 0 Å². The van der Waals surface area contributed by atoms with Crippen molar-refractivity contribution in [3.8, 4) is 0 Å². The Bertz CT molecular complexity index is 224. The summed E-state index contributed by atoms with van der Waals surface area (Å²) in [7, 11) is 0. The van der Waals surface area contributed by atoms with E-state index in [1.807, 2.05) is 11.5 Å². The van der Waals surface area contributed by atoms with Crippen LogP contribution in [0.2, 0.25) is 0 Å². The van der Waals surface area contributed by atoms with E-state index in [0.29, 0.717) is 0 Å². The SMILES string of the molecule is O=C1NC=NC2C=CSC12. The third-order valence-electron chi connectivity index (χ3n) is 1.52. The van der Waals surface area contributed by atoms with E-state index in [-0.39, 0.29) is 17.2 Å². The molecule has 0 aromatic heterocycles. The summed E-state index contributed by atoms with van der Waals surface area (Å²) in [5.74, 6) is 0.0648. The molecule has 10 heavy (non-hydrogen) atoms. The lowest BCUT2D eigenvalue weighted by atomic mass is 10.2. The van der Waals surface area contributed by atoms with Crippen LogP contribution in [-0.2, 0) is 4.79 Å². The minimum absolute atomic E-state index is 0.00926. The average molecular weight is 154 g/mol. The molecule has 0 aromatic carbocycles. The quantitative estimate of drug-likeness (QED) is 0.539. The number of thioether (sulfide) groups is 1. The van der Waals surface area contributed by atoms with Crippen molar-refractivity contribution in [2.75, 3.05) is 0 Å². The first kappa shape index (κ1) is 5.97. The van der Waals surface area contributed by atoms with Crippen LogP contribution < -0.4 is 5.32 Å². The minimum Gasteiger partial charge on any atom is -0.316 e. The Balaban J connectivity index is 2.27. The number of rotatable bonds is 0. The van der Waals surface area contributed by atoms with Gasteiger partial charge in [0.1, 0.15) is 5.25 Å². The molecule has 2 aliphatic rings. The number of hydrogen-bond acceptors (Lipinski definition) is 3. The van der Waals surface area contributed by atoms with Crippen molar-refractivity contribution in [2.45, 2.75) is 11.3 Å². The molecule has 0 saturated carbocycles. The largest absolute Gasteiger partial charge is 0.316 e. The van der Waals surface area contributed by atoms with Crippen molar-refractivity contribution in [2.24, 2.45) is 4.99 Å². The fourth-order valence-corrected chi connectivity index (χ4v) is 1.94. The van der Waals surface area contributed by atoms with Gasteiger partial charge in [0.25, 0.3) is 0 Å². The molecule has 4 heteroatoms. The lowest BCUT2D eigenvalue weighted by Crippen LogP contribution is -2.40.